The lowest BCUT2D eigenvalue weighted by Crippen LogP contribution is -2.31. The molecule has 1 aliphatic heterocycles. The highest BCUT2D eigenvalue weighted by Crippen LogP contribution is 2.42. The summed E-state index contributed by atoms with van der Waals surface area (Å²) >= 11 is 0. The van der Waals surface area contributed by atoms with Crippen LogP contribution >= 0.6 is 0 Å². The van der Waals surface area contributed by atoms with Crippen LogP contribution in [0, 0.1) is 5.92 Å². The molecule has 0 radical (unpaired) electrons. The molecule has 130 valence electrons. The van der Waals surface area contributed by atoms with Gasteiger partial charge in [-0.25, -0.2) is 0 Å². The average Bonchev–Trinajstić information content (AvgIpc) is 3.29. The van der Waals surface area contributed by atoms with Crippen molar-refractivity contribution < 1.29 is 27.5 Å². The van der Waals surface area contributed by atoms with E-state index in [1.165, 1.54) is 11.0 Å². The van der Waals surface area contributed by atoms with E-state index in [2.05, 4.69) is 0 Å². The van der Waals surface area contributed by atoms with E-state index in [4.69, 9.17) is 4.74 Å². The van der Waals surface area contributed by atoms with Crippen molar-refractivity contribution in [2.45, 2.75) is 38.4 Å². The number of rotatable bonds is 5. The largest absolute Gasteiger partial charge is 0.466 e. The lowest BCUT2D eigenvalue weighted by Gasteiger charge is -2.25. The fourth-order valence-electron chi connectivity index (χ4n) is 3.06. The van der Waals surface area contributed by atoms with Crippen LogP contribution in [0.3, 0.4) is 0 Å². The van der Waals surface area contributed by atoms with Crippen molar-refractivity contribution in [3.63, 3.8) is 0 Å². The number of alkyl halides is 3. The lowest BCUT2D eigenvalue weighted by molar-refractivity contribution is -0.144. The minimum Gasteiger partial charge on any atom is -0.466 e. The fraction of sp³-hybridized carbons (Fsp3) is 0.529. The summed E-state index contributed by atoms with van der Waals surface area (Å²) < 4.78 is 43.9. The van der Waals surface area contributed by atoms with Gasteiger partial charge in [-0.05, 0) is 49.4 Å². The third kappa shape index (κ3) is 3.25. The highest BCUT2D eigenvalue weighted by molar-refractivity contribution is 5.99. The molecular formula is C17H18F3NO3. The highest BCUT2D eigenvalue weighted by atomic mass is 19.4. The normalized spacial score (nSPS) is 20.2. The van der Waals surface area contributed by atoms with Crippen LogP contribution in [-0.2, 0) is 15.7 Å². The topological polar surface area (TPSA) is 46.6 Å². The van der Waals surface area contributed by atoms with Gasteiger partial charge in [0.1, 0.15) is 0 Å². The SMILES string of the molecule is CCOC(=O)CC1c2cc(C(F)(F)F)ccc2C(=O)N1CC1CC1. The number of fused-ring (bicyclic) bond motifs is 1. The van der Waals surface area contributed by atoms with Crippen molar-refractivity contribution in [3.8, 4) is 0 Å². The van der Waals surface area contributed by atoms with Crippen LogP contribution in [0.15, 0.2) is 18.2 Å². The molecule has 1 unspecified atom stereocenters. The van der Waals surface area contributed by atoms with Crippen LogP contribution in [-0.4, -0.2) is 29.9 Å². The maximum Gasteiger partial charge on any atom is 0.416 e. The Balaban J connectivity index is 1.95. The van der Waals surface area contributed by atoms with Gasteiger partial charge in [0.15, 0.2) is 0 Å². The summed E-state index contributed by atoms with van der Waals surface area (Å²) in [5.41, 5.74) is -0.294. The molecule has 0 saturated heterocycles. The van der Waals surface area contributed by atoms with Gasteiger partial charge in [-0.2, -0.15) is 13.2 Å². The molecule has 2 aliphatic rings. The highest BCUT2D eigenvalue weighted by Gasteiger charge is 2.42. The van der Waals surface area contributed by atoms with Gasteiger partial charge in [-0.15, -0.1) is 0 Å². The molecular weight excluding hydrogens is 323 g/mol. The minimum atomic E-state index is -4.49. The predicted molar refractivity (Wildman–Crippen MR) is 79.2 cm³/mol. The molecule has 7 heteroatoms. The van der Waals surface area contributed by atoms with E-state index < -0.39 is 23.8 Å². The summed E-state index contributed by atoms with van der Waals surface area (Å²) in [5, 5.41) is 0. The Morgan fingerprint density at radius 2 is 2.04 bits per heavy atom. The van der Waals surface area contributed by atoms with Crippen molar-refractivity contribution in [1.82, 2.24) is 4.90 Å². The fourth-order valence-corrected chi connectivity index (χ4v) is 3.06. The Kier molecular flexibility index (Phi) is 4.27. The first-order valence-corrected chi connectivity index (χ1v) is 7.99. The molecule has 1 heterocycles. The van der Waals surface area contributed by atoms with Crippen molar-refractivity contribution in [1.29, 1.82) is 0 Å². The van der Waals surface area contributed by atoms with E-state index in [1.807, 2.05) is 0 Å². The quantitative estimate of drug-likeness (QED) is 0.769. The third-order valence-electron chi connectivity index (χ3n) is 4.42. The molecule has 1 aromatic rings. The minimum absolute atomic E-state index is 0.124. The summed E-state index contributed by atoms with van der Waals surface area (Å²) in [4.78, 5) is 26.0. The second kappa shape index (κ2) is 6.11. The first-order valence-electron chi connectivity index (χ1n) is 7.99. The molecule has 0 aromatic heterocycles. The predicted octanol–water partition coefficient (Wildman–Crippen LogP) is 3.57. The van der Waals surface area contributed by atoms with E-state index >= 15 is 0 Å². The molecule has 0 spiro atoms. The van der Waals surface area contributed by atoms with E-state index in [1.54, 1.807) is 6.92 Å². The number of halogens is 3. The van der Waals surface area contributed by atoms with Gasteiger partial charge in [0, 0.05) is 12.1 Å². The second-order valence-electron chi connectivity index (χ2n) is 6.23. The van der Waals surface area contributed by atoms with Crippen molar-refractivity contribution in [2.75, 3.05) is 13.2 Å². The number of hydrogen-bond donors (Lipinski definition) is 0. The van der Waals surface area contributed by atoms with E-state index in [0.29, 0.717) is 12.5 Å². The summed E-state index contributed by atoms with van der Waals surface area (Å²) in [6.07, 6.45) is -2.61. The smallest absolute Gasteiger partial charge is 0.416 e. The Hall–Kier alpha value is -2.05. The first-order chi connectivity index (χ1) is 11.3. The summed E-state index contributed by atoms with van der Waals surface area (Å²) in [6.45, 7) is 2.33. The Labute approximate surface area is 137 Å². The zero-order chi connectivity index (χ0) is 17.5. The summed E-state index contributed by atoms with van der Waals surface area (Å²) in [6, 6.07) is 2.43. The first kappa shape index (κ1) is 16.8. The molecule has 1 saturated carbocycles. The van der Waals surface area contributed by atoms with Crippen molar-refractivity contribution >= 4 is 11.9 Å². The zero-order valence-electron chi connectivity index (χ0n) is 13.2. The second-order valence-corrected chi connectivity index (χ2v) is 6.23. The van der Waals surface area contributed by atoms with Gasteiger partial charge in [0.05, 0.1) is 24.6 Å². The maximum atomic E-state index is 13.0. The van der Waals surface area contributed by atoms with Crippen LogP contribution in [0.25, 0.3) is 0 Å². The molecule has 1 aliphatic carbocycles. The average molecular weight is 341 g/mol. The van der Waals surface area contributed by atoms with Crippen molar-refractivity contribution in [2.24, 2.45) is 5.92 Å². The molecule has 4 nitrogen and oxygen atoms in total. The van der Waals surface area contributed by atoms with Crippen LogP contribution in [0.2, 0.25) is 0 Å². The number of esters is 1. The molecule has 0 N–H and O–H groups in total. The van der Waals surface area contributed by atoms with Crippen molar-refractivity contribution in [3.05, 3.63) is 34.9 Å². The lowest BCUT2D eigenvalue weighted by atomic mass is 9.99. The maximum absolute atomic E-state index is 13.0. The molecule has 3 rings (SSSR count). The van der Waals surface area contributed by atoms with Crippen LogP contribution in [0.5, 0.6) is 0 Å². The Bertz CT molecular complexity index is 668. The van der Waals surface area contributed by atoms with Gasteiger partial charge in [-0.1, -0.05) is 0 Å². The third-order valence-corrected chi connectivity index (χ3v) is 4.42. The van der Waals surface area contributed by atoms with Crippen LogP contribution < -0.4 is 0 Å². The molecule has 1 atom stereocenters. The monoisotopic (exact) mass is 341 g/mol. The number of carbonyl (C=O) groups is 2. The van der Waals surface area contributed by atoms with Gasteiger partial charge >= 0.3 is 12.1 Å². The number of carbonyl (C=O) groups excluding carboxylic acids is 2. The molecule has 24 heavy (non-hydrogen) atoms. The summed E-state index contributed by atoms with van der Waals surface area (Å²) in [5.74, 6) is -0.448. The summed E-state index contributed by atoms with van der Waals surface area (Å²) in [7, 11) is 0. The number of ether oxygens (including phenoxy) is 1. The number of benzene rings is 1. The van der Waals surface area contributed by atoms with Gasteiger partial charge in [-0.3, -0.25) is 9.59 Å². The Morgan fingerprint density at radius 1 is 1.33 bits per heavy atom. The van der Waals surface area contributed by atoms with Gasteiger partial charge < -0.3 is 9.64 Å². The molecule has 0 bridgehead atoms. The van der Waals surface area contributed by atoms with Gasteiger partial charge in [0.2, 0.25) is 0 Å². The van der Waals surface area contributed by atoms with E-state index in [-0.39, 0.29) is 30.1 Å². The standard InChI is InChI=1S/C17H18F3NO3/c1-2-24-15(22)8-14-13-7-11(17(18,19)20)5-6-12(13)16(23)21(14)9-10-3-4-10/h5-7,10,14H,2-4,8-9H2,1H3. The number of nitrogens with zero attached hydrogens (tertiary/aromatic N) is 1. The van der Waals surface area contributed by atoms with Crippen LogP contribution in [0.1, 0.15) is 53.7 Å². The van der Waals surface area contributed by atoms with E-state index in [0.717, 1.165) is 25.0 Å². The molecule has 1 fully saturated rings. The molecule has 1 amide bonds. The zero-order valence-corrected chi connectivity index (χ0v) is 13.2. The molecule has 1 aromatic carbocycles. The van der Waals surface area contributed by atoms with E-state index in [9.17, 15) is 22.8 Å². The Morgan fingerprint density at radius 3 is 2.62 bits per heavy atom. The number of hydrogen-bond acceptors (Lipinski definition) is 3. The van der Waals surface area contributed by atoms with Gasteiger partial charge in [0.25, 0.3) is 5.91 Å². The van der Waals surface area contributed by atoms with Crippen LogP contribution in [0.4, 0.5) is 13.2 Å². The number of amides is 1.